The lowest BCUT2D eigenvalue weighted by atomic mass is 9.87. The number of aromatic amines is 2. The summed E-state index contributed by atoms with van der Waals surface area (Å²) in [6, 6.07) is 22.7. The molecule has 0 spiro atoms. The van der Waals surface area contributed by atoms with Crippen LogP contribution in [0, 0.1) is 0 Å². The fourth-order valence-electron chi connectivity index (χ4n) is 7.55. The van der Waals surface area contributed by atoms with Gasteiger partial charge in [0.15, 0.2) is 6.54 Å². The number of hydrogen-bond acceptors (Lipinski definition) is 5. The molecule has 2 aliphatic carbocycles. The fourth-order valence-corrected chi connectivity index (χ4v) is 7.55. The van der Waals surface area contributed by atoms with Crippen molar-refractivity contribution in [3.63, 3.8) is 0 Å². The van der Waals surface area contributed by atoms with Crippen LogP contribution in [0.5, 0.6) is 11.5 Å². The zero-order valence-electron chi connectivity index (χ0n) is 32.2. The maximum Gasteiger partial charge on any atom is 0.573 e. The summed E-state index contributed by atoms with van der Waals surface area (Å²) in [5, 5.41) is 22.1. The number of halogens is 6. The smallest absolute Gasteiger partial charge is 0.481 e. The Morgan fingerprint density at radius 2 is 1.24 bits per heavy atom. The van der Waals surface area contributed by atoms with Crippen LogP contribution in [0.3, 0.4) is 0 Å². The molecular weight excluding hydrogens is 780 g/mol. The average molecular weight is 827 g/mol. The average Bonchev–Trinajstić information content (AvgIpc) is 3.87. The topological polar surface area (TPSA) is 133 Å². The number of carboxylic acid groups (broad SMARTS) is 1. The molecule has 5 aromatic rings. The Balaban J connectivity index is 0.000000226. The number of benzene rings is 3. The molecular formula is C43H46F6N5O5+. The number of aliphatic carboxylic acids is 1. The molecule has 2 fully saturated rings. The third-order valence-electron chi connectivity index (χ3n) is 10.5. The molecule has 59 heavy (non-hydrogen) atoms. The zero-order chi connectivity index (χ0) is 42.0. The van der Waals surface area contributed by atoms with Crippen molar-refractivity contribution in [3.05, 3.63) is 107 Å². The van der Waals surface area contributed by atoms with Crippen LogP contribution < -0.4 is 19.5 Å². The predicted molar refractivity (Wildman–Crippen MR) is 206 cm³/mol. The Morgan fingerprint density at radius 3 is 1.76 bits per heavy atom. The summed E-state index contributed by atoms with van der Waals surface area (Å²) >= 11 is 0. The van der Waals surface area contributed by atoms with Gasteiger partial charge in [-0.05, 0) is 92.4 Å². The Bertz CT molecular complexity index is 2120. The number of amides is 1. The van der Waals surface area contributed by atoms with Crippen molar-refractivity contribution >= 4 is 11.9 Å². The van der Waals surface area contributed by atoms with E-state index in [9.17, 15) is 35.9 Å². The van der Waals surface area contributed by atoms with E-state index in [0.717, 1.165) is 52.3 Å². The van der Waals surface area contributed by atoms with Crippen molar-refractivity contribution in [1.82, 2.24) is 20.6 Å². The summed E-state index contributed by atoms with van der Waals surface area (Å²) < 4.78 is 84.0. The second kappa shape index (κ2) is 19.3. The molecule has 0 atom stereocenters. The van der Waals surface area contributed by atoms with Crippen molar-refractivity contribution in [2.24, 2.45) is 0 Å². The summed E-state index contributed by atoms with van der Waals surface area (Å²) in [6.07, 6.45) is 2.27. The number of ether oxygens (including phenoxy) is 2. The maximum absolute atomic E-state index is 12.6. The SMILES string of the molecule is FC(F)(F)Oc1ccc(-c2cc(C3CCCCC3)[nH]n2)cc1.O=C(O)CCNC(=O)c1ccc(C[n+]2[nH]c(C3CCCCC3)cc2-c2ccc(OC(F)(F)F)cc2)cc1. The van der Waals surface area contributed by atoms with Gasteiger partial charge in [-0.3, -0.25) is 14.7 Å². The largest absolute Gasteiger partial charge is 0.573 e. The van der Waals surface area contributed by atoms with Crippen LogP contribution in [0.25, 0.3) is 22.5 Å². The van der Waals surface area contributed by atoms with E-state index in [-0.39, 0.29) is 30.4 Å². The first-order chi connectivity index (χ1) is 28.2. The van der Waals surface area contributed by atoms with E-state index in [4.69, 9.17) is 5.11 Å². The number of carboxylic acids is 1. The van der Waals surface area contributed by atoms with Crippen LogP contribution in [0.4, 0.5) is 26.3 Å². The minimum atomic E-state index is -4.75. The van der Waals surface area contributed by atoms with Gasteiger partial charge in [-0.1, -0.05) is 50.7 Å². The molecule has 3 aromatic carbocycles. The number of rotatable bonds is 12. The Morgan fingerprint density at radius 1 is 0.712 bits per heavy atom. The quantitative estimate of drug-likeness (QED) is 0.0731. The summed E-state index contributed by atoms with van der Waals surface area (Å²) in [6.45, 7) is 0.512. The number of nitrogens with one attached hydrogen (secondary N) is 3. The predicted octanol–water partition coefficient (Wildman–Crippen LogP) is 10.2. The van der Waals surface area contributed by atoms with Crippen molar-refractivity contribution in [2.75, 3.05) is 6.54 Å². The first kappa shape index (κ1) is 42.8. The van der Waals surface area contributed by atoms with Crippen molar-refractivity contribution in [3.8, 4) is 34.0 Å². The van der Waals surface area contributed by atoms with Crippen molar-refractivity contribution in [1.29, 1.82) is 0 Å². The normalized spacial score (nSPS) is 15.2. The molecule has 0 bridgehead atoms. The number of alkyl halides is 6. The van der Waals surface area contributed by atoms with Gasteiger partial charge in [-0.25, -0.2) is 0 Å². The third-order valence-corrected chi connectivity index (χ3v) is 10.5. The number of aromatic nitrogens is 4. The summed E-state index contributed by atoms with van der Waals surface area (Å²) in [5.41, 5.74) is 6.67. The maximum atomic E-state index is 12.6. The summed E-state index contributed by atoms with van der Waals surface area (Å²) in [7, 11) is 0. The molecule has 0 unspecified atom stereocenters. The van der Waals surface area contributed by atoms with Crippen LogP contribution in [0.2, 0.25) is 0 Å². The molecule has 4 N–H and O–H groups in total. The standard InChI is InChI=1S/C27H28F3N3O4.C16H17F3N2O/c28-27(29,30)37-22-12-10-20(11-13-22)24-16-23(19-4-2-1-3-5-19)32-33(24)17-18-6-8-21(9-7-18)26(36)31-15-14-25(34)35;17-16(18,19)22-13-8-6-12(7-9-13)15-10-14(20-21-15)11-4-2-1-3-5-11/h6-13,16,19H,1-5,14-15,17H2,(H2,31,34,35,36);6-11H,1-5H2,(H,20,21)/p+1. The Kier molecular flexibility index (Phi) is 14.0. The first-order valence-electron chi connectivity index (χ1n) is 19.7. The second-order valence-electron chi connectivity index (χ2n) is 14.8. The lowest BCUT2D eigenvalue weighted by molar-refractivity contribution is -0.732. The fraction of sp³-hybridized carbons (Fsp3) is 0.395. The number of carbonyl (C=O) groups excluding carboxylic acids is 1. The summed E-state index contributed by atoms with van der Waals surface area (Å²) in [5.74, 6) is -0.907. The van der Waals surface area contributed by atoms with Gasteiger partial charge in [0.25, 0.3) is 5.91 Å². The van der Waals surface area contributed by atoms with Crippen LogP contribution in [0.15, 0.2) is 84.9 Å². The Labute approximate surface area is 336 Å². The highest BCUT2D eigenvalue weighted by atomic mass is 19.4. The summed E-state index contributed by atoms with van der Waals surface area (Å²) in [4.78, 5) is 22.9. The molecule has 314 valence electrons. The van der Waals surface area contributed by atoms with Crippen LogP contribution in [-0.4, -0.2) is 51.5 Å². The second-order valence-corrected chi connectivity index (χ2v) is 14.8. The minimum absolute atomic E-state index is 0.0499. The van der Waals surface area contributed by atoms with E-state index < -0.39 is 18.7 Å². The number of nitrogens with zero attached hydrogens (tertiary/aromatic N) is 2. The van der Waals surface area contributed by atoms with Crippen molar-refractivity contribution in [2.45, 2.75) is 102 Å². The van der Waals surface area contributed by atoms with E-state index in [1.807, 2.05) is 22.9 Å². The number of H-pyrrole nitrogens is 2. The van der Waals surface area contributed by atoms with Gasteiger partial charge in [0.2, 0.25) is 5.69 Å². The minimum Gasteiger partial charge on any atom is -0.481 e. The van der Waals surface area contributed by atoms with Gasteiger partial charge in [0, 0.05) is 52.4 Å². The van der Waals surface area contributed by atoms with E-state index in [0.29, 0.717) is 23.9 Å². The lowest BCUT2D eigenvalue weighted by Crippen LogP contribution is -2.38. The van der Waals surface area contributed by atoms with Crippen LogP contribution >= 0.6 is 0 Å². The van der Waals surface area contributed by atoms with Gasteiger partial charge in [-0.2, -0.15) is 10.2 Å². The lowest BCUT2D eigenvalue weighted by Gasteiger charge is -2.19. The van der Waals surface area contributed by atoms with E-state index in [1.165, 1.54) is 75.6 Å². The van der Waals surface area contributed by atoms with Gasteiger partial charge in [-0.15, -0.1) is 31.0 Å². The molecule has 16 heteroatoms. The molecule has 2 saturated carbocycles. The van der Waals surface area contributed by atoms with Gasteiger partial charge in [0.1, 0.15) is 11.5 Å². The van der Waals surface area contributed by atoms with E-state index in [2.05, 4.69) is 36.2 Å². The van der Waals surface area contributed by atoms with Gasteiger partial charge >= 0.3 is 18.7 Å². The van der Waals surface area contributed by atoms with Gasteiger partial charge in [0.05, 0.1) is 17.8 Å². The molecule has 1 amide bonds. The molecule has 0 radical (unpaired) electrons. The molecule has 2 aliphatic rings. The van der Waals surface area contributed by atoms with E-state index in [1.54, 1.807) is 36.4 Å². The molecule has 0 saturated heterocycles. The zero-order valence-corrected chi connectivity index (χ0v) is 32.2. The molecule has 7 rings (SSSR count). The van der Waals surface area contributed by atoms with Crippen LogP contribution in [-0.2, 0) is 11.3 Å². The number of carbonyl (C=O) groups is 2. The Hall–Kier alpha value is -5.80. The van der Waals surface area contributed by atoms with Gasteiger partial charge < -0.3 is 19.9 Å². The third kappa shape index (κ3) is 12.8. The number of hydrogen-bond donors (Lipinski definition) is 4. The van der Waals surface area contributed by atoms with E-state index >= 15 is 0 Å². The highest BCUT2D eigenvalue weighted by molar-refractivity contribution is 5.94. The van der Waals surface area contributed by atoms with Crippen LogP contribution in [0.1, 0.15) is 110 Å². The first-order valence-corrected chi connectivity index (χ1v) is 19.7. The highest BCUT2D eigenvalue weighted by Crippen LogP contribution is 2.35. The molecule has 0 aliphatic heterocycles. The highest BCUT2D eigenvalue weighted by Gasteiger charge is 2.32. The molecule has 2 aromatic heterocycles. The molecule has 10 nitrogen and oxygen atoms in total. The van der Waals surface area contributed by atoms with Crippen molar-refractivity contribution < 1.29 is 55.2 Å². The molecule has 2 heterocycles. The monoisotopic (exact) mass is 826 g/mol.